The van der Waals surface area contributed by atoms with Crippen LogP contribution in [0.1, 0.15) is 60.9 Å². The van der Waals surface area contributed by atoms with Crippen molar-refractivity contribution in [3.63, 3.8) is 0 Å². The highest BCUT2D eigenvalue weighted by atomic mass is 16.5. The van der Waals surface area contributed by atoms with E-state index in [-0.39, 0.29) is 5.91 Å². The number of methoxy groups -OCH3 is 1. The minimum Gasteiger partial charge on any atom is -0.497 e. The van der Waals surface area contributed by atoms with Crippen molar-refractivity contribution >= 4 is 22.9 Å². The van der Waals surface area contributed by atoms with Crippen molar-refractivity contribution in [2.24, 2.45) is 0 Å². The number of amides is 1. The van der Waals surface area contributed by atoms with E-state index in [0.29, 0.717) is 24.6 Å². The van der Waals surface area contributed by atoms with Gasteiger partial charge >= 0.3 is 0 Å². The Morgan fingerprint density at radius 1 is 0.919 bits per heavy atom. The summed E-state index contributed by atoms with van der Waals surface area (Å²) in [7, 11) is 1.66. The number of fused-ring (bicyclic) bond motifs is 1. The molecule has 0 atom stereocenters. The first-order valence-electron chi connectivity index (χ1n) is 13.4. The number of nitrogens with zero attached hydrogens (tertiary/aromatic N) is 3. The molecule has 3 aromatic carbocycles. The second kappa shape index (κ2) is 11.5. The average Bonchev–Trinajstić information content (AvgIpc) is 3.74. The molecule has 1 aromatic heterocycles. The van der Waals surface area contributed by atoms with Gasteiger partial charge in [0.05, 0.1) is 24.7 Å². The quantitative estimate of drug-likeness (QED) is 0.340. The second-order valence-electron chi connectivity index (χ2n) is 10.00. The van der Waals surface area contributed by atoms with Crippen LogP contribution < -0.4 is 10.5 Å². The maximum absolute atomic E-state index is 13.4. The number of benzene rings is 3. The molecule has 6 nitrogen and oxygen atoms in total. The van der Waals surface area contributed by atoms with E-state index in [1.165, 1.54) is 19.3 Å². The highest BCUT2D eigenvalue weighted by Gasteiger charge is 2.38. The van der Waals surface area contributed by atoms with E-state index in [1.54, 1.807) is 7.11 Å². The summed E-state index contributed by atoms with van der Waals surface area (Å²) in [5.74, 6) is 1.61. The minimum absolute atomic E-state index is 0.199. The minimum atomic E-state index is 0.199. The normalized spacial score (nSPS) is 15.6. The van der Waals surface area contributed by atoms with Gasteiger partial charge in [-0.05, 0) is 67.6 Å². The number of hydrogen-bond donors (Lipinski definition) is 1. The van der Waals surface area contributed by atoms with Gasteiger partial charge in [0.25, 0.3) is 5.91 Å². The van der Waals surface area contributed by atoms with Crippen LogP contribution in [0.3, 0.4) is 0 Å². The SMILES string of the molecule is COc1ccccc1.Nc1nc2ccccc2n1Cc1cccc(C(=O)N(C2CCCCC2)C2CC2)c1. The molecule has 2 N–H and O–H groups in total. The number of aromatic nitrogens is 2. The zero-order chi connectivity index (χ0) is 25.6. The third-order valence-corrected chi connectivity index (χ3v) is 7.32. The van der Waals surface area contributed by atoms with Crippen molar-refractivity contribution in [3.05, 3.63) is 90.0 Å². The van der Waals surface area contributed by atoms with E-state index in [4.69, 9.17) is 10.5 Å². The molecule has 0 unspecified atom stereocenters. The van der Waals surface area contributed by atoms with Gasteiger partial charge in [0.2, 0.25) is 5.95 Å². The monoisotopic (exact) mass is 496 g/mol. The third-order valence-electron chi connectivity index (χ3n) is 7.32. The van der Waals surface area contributed by atoms with Crippen molar-refractivity contribution < 1.29 is 9.53 Å². The summed E-state index contributed by atoms with van der Waals surface area (Å²) >= 11 is 0. The first kappa shape index (κ1) is 24.9. The Balaban J connectivity index is 0.000000301. The summed E-state index contributed by atoms with van der Waals surface area (Å²) in [4.78, 5) is 20.1. The molecule has 0 saturated heterocycles. The molecular weight excluding hydrogens is 460 g/mol. The van der Waals surface area contributed by atoms with Crippen LogP contribution in [0, 0.1) is 0 Å². The number of carbonyl (C=O) groups is 1. The van der Waals surface area contributed by atoms with Crippen LogP contribution in [0.25, 0.3) is 11.0 Å². The molecule has 37 heavy (non-hydrogen) atoms. The molecule has 4 aromatic rings. The van der Waals surface area contributed by atoms with Gasteiger partial charge in [-0.1, -0.05) is 61.7 Å². The summed E-state index contributed by atoms with van der Waals surface area (Å²) in [6, 6.07) is 26.6. The topological polar surface area (TPSA) is 73.4 Å². The zero-order valence-electron chi connectivity index (χ0n) is 21.6. The van der Waals surface area contributed by atoms with Crippen LogP contribution in [-0.4, -0.2) is 39.6 Å². The maximum Gasteiger partial charge on any atom is 0.254 e. The number of imidazole rings is 1. The van der Waals surface area contributed by atoms with Crippen LogP contribution in [0.2, 0.25) is 0 Å². The third kappa shape index (κ3) is 5.96. The number of nitrogens with two attached hydrogens (primary N) is 1. The van der Waals surface area contributed by atoms with Crippen molar-refractivity contribution in [1.82, 2.24) is 14.5 Å². The lowest BCUT2D eigenvalue weighted by atomic mass is 9.93. The smallest absolute Gasteiger partial charge is 0.254 e. The molecule has 1 amide bonds. The Morgan fingerprint density at radius 3 is 2.32 bits per heavy atom. The van der Waals surface area contributed by atoms with E-state index >= 15 is 0 Å². The maximum atomic E-state index is 13.4. The predicted molar refractivity (Wildman–Crippen MR) is 149 cm³/mol. The van der Waals surface area contributed by atoms with Crippen molar-refractivity contribution in [3.8, 4) is 5.75 Å². The van der Waals surface area contributed by atoms with Gasteiger partial charge < -0.3 is 19.9 Å². The van der Waals surface area contributed by atoms with Gasteiger partial charge in [-0.25, -0.2) is 4.98 Å². The zero-order valence-corrected chi connectivity index (χ0v) is 21.6. The fourth-order valence-electron chi connectivity index (χ4n) is 5.29. The fraction of sp³-hybridized carbons (Fsp3) is 0.355. The average molecular weight is 497 g/mol. The molecule has 0 radical (unpaired) electrons. The highest BCUT2D eigenvalue weighted by Crippen LogP contribution is 2.35. The molecule has 0 aliphatic heterocycles. The fourth-order valence-corrected chi connectivity index (χ4v) is 5.29. The highest BCUT2D eigenvalue weighted by molar-refractivity contribution is 5.95. The first-order chi connectivity index (χ1) is 18.1. The molecule has 0 bridgehead atoms. The van der Waals surface area contributed by atoms with Crippen molar-refractivity contribution in [2.45, 2.75) is 63.6 Å². The first-order valence-corrected chi connectivity index (χ1v) is 13.4. The van der Waals surface area contributed by atoms with Crippen LogP contribution in [0.15, 0.2) is 78.9 Å². The molecule has 1 heterocycles. The van der Waals surface area contributed by atoms with Gasteiger partial charge in [0.1, 0.15) is 5.75 Å². The van der Waals surface area contributed by atoms with Crippen molar-refractivity contribution in [1.29, 1.82) is 0 Å². The molecule has 6 rings (SSSR count). The lowest BCUT2D eigenvalue weighted by Crippen LogP contribution is -2.43. The van der Waals surface area contributed by atoms with Gasteiger partial charge in [0, 0.05) is 17.6 Å². The summed E-state index contributed by atoms with van der Waals surface area (Å²) < 4.78 is 6.93. The molecular formula is C31H36N4O2. The second-order valence-corrected chi connectivity index (χ2v) is 10.00. The van der Waals surface area contributed by atoms with Crippen molar-refractivity contribution in [2.75, 3.05) is 12.8 Å². The Kier molecular flexibility index (Phi) is 7.73. The summed E-state index contributed by atoms with van der Waals surface area (Å²) in [5.41, 5.74) is 9.95. The van der Waals surface area contributed by atoms with Crippen LogP contribution in [-0.2, 0) is 6.54 Å². The van der Waals surface area contributed by atoms with E-state index in [0.717, 1.165) is 53.6 Å². The van der Waals surface area contributed by atoms with E-state index in [9.17, 15) is 4.79 Å². The summed E-state index contributed by atoms with van der Waals surface area (Å²) in [5, 5.41) is 0. The number of hydrogen-bond acceptors (Lipinski definition) is 4. The number of ether oxygens (including phenoxy) is 1. The number of rotatable bonds is 6. The molecule has 2 aliphatic rings. The Morgan fingerprint density at radius 2 is 1.62 bits per heavy atom. The number of nitrogen functional groups attached to an aromatic ring is 1. The number of carbonyl (C=O) groups excluding carboxylic acids is 1. The van der Waals surface area contributed by atoms with E-state index in [1.807, 2.05) is 77.4 Å². The number of para-hydroxylation sites is 3. The molecule has 2 fully saturated rings. The summed E-state index contributed by atoms with van der Waals surface area (Å²) in [6.45, 7) is 0.611. The van der Waals surface area contributed by atoms with Crippen LogP contribution >= 0.6 is 0 Å². The molecule has 6 heteroatoms. The van der Waals surface area contributed by atoms with Crippen LogP contribution in [0.5, 0.6) is 5.75 Å². The van der Waals surface area contributed by atoms with Gasteiger partial charge in [-0.2, -0.15) is 0 Å². The van der Waals surface area contributed by atoms with E-state index in [2.05, 4.69) is 16.0 Å². The van der Waals surface area contributed by atoms with E-state index < -0.39 is 0 Å². The van der Waals surface area contributed by atoms with Gasteiger partial charge in [-0.15, -0.1) is 0 Å². The molecule has 2 aliphatic carbocycles. The summed E-state index contributed by atoms with van der Waals surface area (Å²) in [6.07, 6.45) is 8.40. The number of anilines is 1. The standard InChI is InChI=1S/C24H28N4O.C7H8O/c25-24-26-21-11-4-5-12-22(21)27(24)16-17-7-6-8-18(15-17)23(29)28(20-13-14-20)19-9-2-1-3-10-19;1-8-7-5-3-2-4-6-7/h4-8,11-12,15,19-20H,1-3,9-10,13-14,16H2,(H2,25,26);2-6H,1H3. The lowest BCUT2D eigenvalue weighted by Gasteiger charge is -2.34. The largest absolute Gasteiger partial charge is 0.497 e. The molecule has 192 valence electrons. The van der Waals surface area contributed by atoms with Crippen LogP contribution in [0.4, 0.5) is 5.95 Å². The Bertz CT molecular complexity index is 1320. The van der Waals surface area contributed by atoms with Gasteiger partial charge in [0.15, 0.2) is 0 Å². The predicted octanol–water partition coefficient (Wildman–Crippen LogP) is 6.30. The lowest BCUT2D eigenvalue weighted by molar-refractivity contribution is 0.0614. The molecule has 2 saturated carbocycles. The Hall–Kier alpha value is -3.80. The Labute approximate surface area is 219 Å². The molecule has 0 spiro atoms. The van der Waals surface area contributed by atoms with Gasteiger partial charge in [-0.3, -0.25) is 4.79 Å².